The molecule has 0 bridgehead atoms. The molecule has 1 saturated heterocycles. The predicted molar refractivity (Wildman–Crippen MR) is 61.5 cm³/mol. The van der Waals surface area contributed by atoms with Crippen molar-refractivity contribution in [2.24, 2.45) is 5.73 Å². The number of nitrogens with one attached hydrogen (secondary N) is 1. The largest absolute Gasteiger partial charge is 0.354 e. The van der Waals surface area contributed by atoms with Crippen molar-refractivity contribution >= 4 is 5.91 Å². The molecule has 1 heterocycles. The van der Waals surface area contributed by atoms with Crippen molar-refractivity contribution < 1.29 is 4.79 Å². The first-order valence-electron chi connectivity index (χ1n) is 5.76. The van der Waals surface area contributed by atoms with Crippen LogP contribution >= 0.6 is 0 Å². The Kier molecular flexibility index (Phi) is 4.11. The van der Waals surface area contributed by atoms with Crippen LogP contribution in [0.5, 0.6) is 0 Å². The third-order valence-electron chi connectivity index (χ3n) is 2.89. The summed E-state index contributed by atoms with van der Waals surface area (Å²) in [6, 6.07) is 0.234. The summed E-state index contributed by atoms with van der Waals surface area (Å²) in [5.41, 5.74) is 6.05. The Labute approximate surface area is 92.2 Å². The van der Waals surface area contributed by atoms with Gasteiger partial charge in [0.2, 0.25) is 5.91 Å². The molecule has 0 aliphatic carbocycles. The summed E-state index contributed by atoms with van der Waals surface area (Å²) in [5, 5.41) is 2.88. The molecule has 0 atom stereocenters. The molecule has 1 amide bonds. The van der Waals surface area contributed by atoms with Gasteiger partial charge in [0.15, 0.2) is 0 Å². The number of hydrogen-bond acceptors (Lipinski definition) is 3. The maximum atomic E-state index is 11.4. The highest BCUT2D eigenvalue weighted by atomic mass is 16.1. The molecular formula is C11H23N3O. The number of rotatable bonds is 5. The summed E-state index contributed by atoms with van der Waals surface area (Å²) in [7, 11) is 0. The van der Waals surface area contributed by atoms with Crippen molar-refractivity contribution in [3.63, 3.8) is 0 Å². The van der Waals surface area contributed by atoms with Crippen LogP contribution in [-0.4, -0.2) is 42.0 Å². The first-order chi connectivity index (χ1) is 6.95. The fourth-order valence-corrected chi connectivity index (χ4v) is 1.88. The molecule has 0 aromatic carbocycles. The van der Waals surface area contributed by atoms with E-state index in [9.17, 15) is 4.79 Å². The summed E-state index contributed by atoms with van der Waals surface area (Å²) in [6.45, 7) is 8.75. The average Bonchev–Trinajstić information content (AvgIpc) is 2.09. The maximum absolute atomic E-state index is 11.4. The van der Waals surface area contributed by atoms with E-state index in [1.165, 1.54) is 0 Å². The van der Waals surface area contributed by atoms with Gasteiger partial charge in [-0.05, 0) is 20.3 Å². The third kappa shape index (κ3) is 3.80. The van der Waals surface area contributed by atoms with Crippen LogP contribution in [0.3, 0.4) is 0 Å². The molecule has 4 heteroatoms. The van der Waals surface area contributed by atoms with Crippen molar-refractivity contribution in [2.75, 3.05) is 19.6 Å². The quantitative estimate of drug-likeness (QED) is 0.691. The van der Waals surface area contributed by atoms with Gasteiger partial charge in [0.05, 0.1) is 0 Å². The standard InChI is InChI=1S/C11H23N3O/c1-4-11(12)7-14(8-11)6-5-10(15)13-9(2)3/h9H,4-8,12H2,1-3H3,(H,13,15). The Morgan fingerprint density at radius 1 is 1.53 bits per heavy atom. The van der Waals surface area contributed by atoms with Crippen molar-refractivity contribution in [2.45, 2.75) is 45.2 Å². The molecule has 0 unspecified atom stereocenters. The monoisotopic (exact) mass is 213 g/mol. The van der Waals surface area contributed by atoms with Crippen LogP contribution in [0.15, 0.2) is 0 Å². The summed E-state index contributed by atoms with van der Waals surface area (Å²) < 4.78 is 0. The van der Waals surface area contributed by atoms with Gasteiger partial charge in [-0.25, -0.2) is 0 Å². The van der Waals surface area contributed by atoms with Crippen LogP contribution in [0.1, 0.15) is 33.6 Å². The van der Waals surface area contributed by atoms with Gasteiger partial charge in [0, 0.05) is 37.6 Å². The Morgan fingerprint density at radius 2 is 2.13 bits per heavy atom. The molecule has 0 spiro atoms. The van der Waals surface area contributed by atoms with E-state index in [-0.39, 0.29) is 17.5 Å². The van der Waals surface area contributed by atoms with Gasteiger partial charge >= 0.3 is 0 Å². The molecule has 1 fully saturated rings. The van der Waals surface area contributed by atoms with Gasteiger partial charge in [-0.3, -0.25) is 9.69 Å². The fraction of sp³-hybridized carbons (Fsp3) is 0.909. The van der Waals surface area contributed by atoms with Gasteiger partial charge in [0.1, 0.15) is 0 Å². The van der Waals surface area contributed by atoms with E-state index in [1.807, 2.05) is 13.8 Å². The lowest BCUT2D eigenvalue weighted by Crippen LogP contribution is -2.67. The van der Waals surface area contributed by atoms with Crippen LogP contribution in [0.25, 0.3) is 0 Å². The lowest BCUT2D eigenvalue weighted by atomic mass is 9.88. The van der Waals surface area contributed by atoms with Crippen LogP contribution in [0, 0.1) is 0 Å². The number of likely N-dealkylation sites (tertiary alicyclic amines) is 1. The molecule has 15 heavy (non-hydrogen) atoms. The number of carbonyl (C=O) groups is 1. The summed E-state index contributed by atoms with van der Waals surface area (Å²) in [5.74, 6) is 0.135. The minimum Gasteiger partial charge on any atom is -0.354 e. The number of amides is 1. The second kappa shape index (κ2) is 4.94. The van der Waals surface area contributed by atoms with Crippen molar-refractivity contribution in [1.82, 2.24) is 10.2 Å². The van der Waals surface area contributed by atoms with E-state index in [1.54, 1.807) is 0 Å². The first kappa shape index (κ1) is 12.5. The van der Waals surface area contributed by atoms with Crippen LogP contribution in [0.2, 0.25) is 0 Å². The highest BCUT2D eigenvalue weighted by Crippen LogP contribution is 2.20. The van der Waals surface area contributed by atoms with Gasteiger partial charge in [-0.2, -0.15) is 0 Å². The van der Waals surface area contributed by atoms with Crippen molar-refractivity contribution in [3.8, 4) is 0 Å². The van der Waals surface area contributed by atoms with Gasteiger partial charge in [0.25, 0.3) is 0 Å². The van der Waals surface area contributed by atoms with Crippen LogP contribution in [0.4, 0.5) is 0 Å². The van der Waals surface area contributed by atoms with E-state index in [4.69, 9.17) is 5.73 Å². The Hall–Kier alpha value is -0.610. The van der Waals surface area contributed by atoms with Gasteiger partial charge in [-0.1, -0.05) is 6.92 Å². The second-order valence-corrected chi connectivity index (χ2v) is 4.90. The molecule has 1 aliphatic rings. The van der Waals surface area contributed by atoms with Gasteiger partial charge in [-0.15, -0.1) is 0 Å². The van der Waals surface area contributed by atoms with E-state index < -0.39 is 0 Å². The number of nitrogens with two attached hydrogens (primary N) is 1. The fourth-order valence-electron chi connectivity index (χ4n) is 1.88. The first-order valence-corrected chi connectivity index (χ1v) is 5.76. The van der Waals surface area contributed by atoms with Crippen molar-refractivity contribution in [3.05, 3.63) is 0 Å². The van der Waals surface area contributed by atoms with E-state index in [0.29, 0.717) is 6.42 Å². The van der Waals surface area contributed by atoms with Crippen LogP contribution in [-0.2, 0) is 4.79 Å². The zero-order valence-corrected chi connectivity index (χ0v) is 10.0. The summed E-state index contributed by atoms with van der Waals surface area (Å²) >= 11 is 0. The lowest BCUT2D eigenvalue weighted by Gasteiger charge is -2.47. The number of nitrogens with zero attached hydrogens (tertiary/aromatic N) is 1. The Balaban J connectivity index is 2.10. The topological polar surface area (TPSA) is 58.4 Å². The average molecular weight is 213 g/mol. The van der Waals surface area contributed by atoms with Crippen molar-refractivity contribution in [1.29, 1.82) is 0 Å². The normalized spacial score (nSPS) is 20.1. The molecule has 88 valence electrons. The van der Waals surface area contributed by atoms with Crippen LogP contribution < -0.4 is 11.1 Å². The maximum Gasteiger partial charge on any atom is 0.221 e. The highest BCUT2D eigenvalue weighted by Gasteiger charge is 2.37. The Bertz CT molecular complexity index is 222. The minimum absolute atomic E-state index is 0.00846. The van der Waals surface area contributed by atoms with Gasteiger partial charge < -0.3 is 11.1 Å². The molecule has 3 N–H and O–H groups in total. The molecule has 0 aromatic heterocycles. The number of hydrogen-bond donors (Lipinski definition) is 2. The van der Waals surface area contributed by atoms with E-state index in [0.717, 1.165) is 26.1 Å². The molecule has 1 rings (SSSR count). The number of carbonyl (C=O) groups excluding carboxylic acids is 1. The third-order valence-corrected chi connectivity index (χ3v) is 2.89. The lowest BCUT2D eigenvalue weighted by molar-refractivity contribution is -0.122. The second-order valence-electron chi connectivity index (χ2n) is 4.90. The SMILES string of the molecule is CCC1(N)CN(CCC(=O)NC(C)C)C1. The molecular weight excluding hydrogens is 190 g/mol. The smallest absolute Gasteiger partial charge is 0.221 e. The molecule has 1 aliphatic heterocycles. The Morgan fingerprint density at radius 3 is 2.60 bits per heavy atom. The molecule has 0 aromatic rings. The molecule has 0 saturated carbocycles. The zero-order valence-electron chi connectivity index (χ0n) is 10.0. The van der Waals surface area contributed by atoms with E-state index in [2.05, 4.69) is 17.1 Å². The van der Waals surface area contributed by atoms with E-state index >= 15 is 0 Å². The summed E-state index contributed by atoms with van der Waals surface area (Å²) in [4.78, 5) is 13.6. The molecule has 0 radical (unpaired) electrons. The highest BCUT2D eigenvalue weighted by molar-refractivity contribution is 5.76. The molecule has 4 nitrogen and oxygen atoms in total. The predicted octanol–water partition coefficient (Wildman–Crippen LogP) is 0.324. The summed E-state index contributed by atoms with van der Waals surface area (Å²) in [6.07, 6.45) is 1.60. The minimum atomic E-state index is 0.00846. The zero-order chi connectivity index (χ0) is 11.5.